The molecule has 24 heavy (non-hydrogen) atoms. The summed E-state index contributed by atoms with van der Waals surface area (Å²) in [5.74, 6) is -1.51. The van der Waals surface area contributed by atoms with Gasteiger partial charge in [-0.1, -0.05) is 6.08 Å². The van der Waals surface area contributed by atoms with Gasteiger partial charge in [0.2, 0.25) is 0 Å². The number of sulfone groups is 1. The second-order valence-electron chi connectivity index (χ2n) is 4.96. The Bertz CT molecular complexity index is 933. The first kappa shape index (κ1) is 17.5. The zero-order chi connectivity index (χ0) is 17.9. The molecule has 0 aliphatic heterocycles. The van der Waals surface area contributed by atoms with E-state index >= 15 is 0 Å². The number of hydrogen-bond acceptors (Lipinski definition) is 5. The maximum atomic E-state index is 13.8. The van der Waals surface area contributed by atoms with Crippen molar-refractivity contribution in [1.29, 1.82) is 0 Å². The van der Waals surface area contributed by atoms with E-state index in [2.05, 4.69) is 0 Å². The summed E-state index contributed by atoms with van der Waals surface area (Å²) < 4.78 is 36.4. The largest absolute Gasteiger partial charge is 0.289 e. The lowest BCUT2D eigenvalue weighted by Crippen LogP contribution is -2.03. The number of hydrogen-bond donors (Lipinski definition) is 0. The van der Waals surface area contributed by atoms with Crippen LogP contribution >= 0.6 is 0 Å². The number of nitro groups is 1. The number of nitrogens with zero attached hydrogens (tertiary/aromatic N) is 1. The molecule has 0 unspecified atom stereocenters. The van der Waals surface area contributed by atoms with E-state index in [0.717, 1.165) is 18.4 Å². The van der Waals surface area contributed by atoms with E-state index in [-0.39, 0.29) is 11.3 Å². The smallest absolute Gasteiger partial charge is 0.269 e. The number of non-ortho nitro benzene ring substituents is 1. The minimum atomic E-state index is -3.70. The standard InChI is InChI=1S/C16H12FNO5S/c1-24(22,23)16-9-5-12(10-14(16)17)15(19)8-4-11-2-6-13(7-3-11)18(20)21/h2-10H,1H3. The summed E-state index contributed by atoms with van der Waals surface area (Å²) in [5, 5.41) is 10.5. The summed E-state index contributed by atoms with van der Waals surface area (Å²) in [5.41, 5.74) is 0.483. The molecule has 0 saturated carbocycles. The number of rotatable bonds is 5. The molecular weight excluding hydrogens is 337 g/mol. The van der Waals surface area contributed by atoms with Gasteiger partial charge in [0, 0.05) is 24.0 Å². The van der Waals surface area contributed by atoms with Crippen molar-refractivity contribution in [3.05, 3.63) is 75.6 Å². The molecule has 6 nitrogen and oxygen atoms in total. The highest BCUT2D eigenvalue weighted by Gasteiger charge is 2.15. The average molecular weight is 349 g/mol. The Morgan fingerprint density at radius 3 is 2.29 bits per heavy atom. The highest BCUT2D eigenvalue weighted by Crippen LogP contribution is 2.17. The van der Waals surface area contributed by atoms with E-state index in [4.69, 9.17) is 0 Å². The number of allylic oxidation sites excluding steroid dienone is 1. The number of carbonyl (C=O) groups excluding carboxylic acids is 1. The van der Waals surface area contributed by atoms with Gasteiger partial charge in [-0.15, -0.1) is 0 Å². The van der Waals surface area contributed by atoms with Crippen molar-refractivity contribution in [1.82, 2.24) is 0 Å². The minimum Gasteiger partial charge on any atom is -0.289 e. The first-order valence-corrected chi connectivity index (χ1v) is 8.54. The fourth-order valence-corrected chi connectivity index (χ4v) is 2.66. The Morgan fingerprint density at radius 1 is 1.17 bits per heavy atom. The predicted molar refractivity (Wildman–Crippen MR) is 86.0 cm³/mol. The fraction of sp³-hybridized carbons (Fsp3) is 0.0625. The number of nitro benzene ring substituents is 1. The van der Waals surface area contributed by atoms with Gasteiger partial charge in [0.15, 0.2) is 15.6 Å². The van der Waals surface area contributed by atoms with Crippen molar-refractivity contribution >= 4 is 27.4 Å². The Labute approximate surface area is 137 Å². The van der Waals surface area contributed by atoms with E-state index in [9.17, 15) is 27.7 Å². The summed E-state index contributed by atoms with van der Waals surface area (Å²) in [7, 11) is -3.70. The quantitative estimate of drug-likeness (QED) is 0.358. The van der Waals surface area contributed by atoms with Gasteiger partial charge in [-0.3, -0.25) is 14.9 Å². The fourth-order valence-electron chi connectivity index (χ4n) is 1.93. The second-order valence-corrected chi connectivity index (χ2v) is 6.95. The molecule has 0 N–H and O–H groups in total. The molecule has 0 heterocycles. The lowest BCUT2D eigenvalue weighted by atomic mass is 10.1. The van der Waals surface area contributed by atoms with Crippen LogP contribution in [-0.4, -0.2) is 25.4 Å². The molecule has 0 saturated heterocycles. The number of halogens is 1. The van der Waals surface area contributed by atoms with Crippen molar-refractivity contribution < 1.29 is 22.5 Å². The Morgan fingerprint density at radius 2 is 1.79 bits per heavy atom. The van der Waals surface area contributed by atoms with Gasteiger partial charge in [-0.05, 0) is 42.0 Å². The van der Waals surface area contributed by atoms with E-state index in [1.165, 1.54) is 42.5 Å². The van der Waals surface area contributed by atoms with Crippen molar-refractivity contribution in [3.8, 4) is 0 Å². The second kappa shape index (κ2) is 6.71. The van der Waals surface area contributed by atoms with Gasteiger partial charge in [0.25, 0.3) is 5.69 Å². The molecule has 0 aliphatic carbocycles. The summed E-state index contributed by atoms with van der Waals surface area (Å²) in [6, 6.07) is 8.65. The van der Waals surface area contributed by atoms with E-state index in [0.29, 0.717) is 5.56 Å². The van der Waals surface area contributed by atoms with Crippen LogP contribution in [0.5, 0.6) is 0 Å². The molecule has 0 radical (unpaired) electrons. The van der Waals surface area contributed by atoms with Gasteiger partial charge in [0.05, 0.1) is 4.92 Å². The van der Waals surface area contributed by atoms with Gasteiger partial charge in [0.1, 0.15) is 10.7 Å². The third-order valence-electron chi connectivity index (χ3n) is 3.15. The maximum Gasteiger partial charge on any atom is 0.269 e. The summed E-state index contributed by atoms with van der Waals surface area (Å²) in [6.45, 7) is 0. The molecular formula is C16H12FNO5S. The Kier molecular flexibility index (Phi) is 4.89. The monoisotopic (exact) mass is 349 g/mol. The van der Waals surface area contributed by atoms with E-state index in [1.807, 2.05) is 0 Å². The lowest BCUT2D eigenvalue weighted by Gasteiger charge is -2.02. The number of benzene rings is 2. The Hall–Kier alpha value is -2.87. The van der Waals surface area contributed by atoms with Crippen LogP contribution in [-0.2, 0) is 9.84 Å². The summed E-state index contributed by atoms with van der Waals surface area (Å²) >= 11 is 0. The molecule has 2 aromatic carbocycles. The molecule has 2 rings (SSSR count). The highest BCUT2D eigenvalue weighted by molar-refractivity contribution is 7.90. The normalized spacial score (nSPS) is 11.6. The molecule has 0 aromatic heterocycles. The summed E-state index contributed by atoms with van der Waals surface area (Å²) in [6.07, 6.45) is 3.48. The highest BCUT2D eigenvalue weighted by atomic mass is 32.2. The lowest BCUT2D eigenvalue weighted by molar-refractivity contribution is -0.384. The molecule has 0 atom stereocenters. The minimum absolute atomic E-state index is 0.00179. The molecule has 0 fully saturated rings. The first-order valence-electron chi connectivity index (χ1n) is 6.65. The number of ketones is 1. The number of carbonyl (C=O) groups is 1. The SMILES string of the molecule is CS(=O)(=O)c1ccc(C(=O)C=Cc2ccc([N+](=O)[O-])cc2)cc1F. The average Bonchev–Trinajstić information content (AvgIpc) is 2.51. The van der Waals surface area contributed by atoms with Crippen molar-refractivity contribution in [2.75, 3.05) is 6.26 Å². The molecule has 2 aromatic rings. The van der Waals surface area contributed by atoms with E-state index < -0.39 is 31.3 Å². The van der Waals surface area contributed by atoms with Crippen LogP contribution in [0.4, 0.5) is 10.1 Å². The molecule has 8 heteroatoms. The maximum absolute atomic E-state index is 13.8. The topological polar surface area (TPSA) is 94.3 Å². The molecule has 0 bridgehead atoms. The van der Waals surface area contributed by atoms with Crippen LogP contribution in [0.2, 0.25) is 0 Å². The van der Waals surface area contributed by atoms with Gasteiger partial charge < -0.3 is 0 Å². The van der Waals surface area contributed by atoms with Gasteiger partial charge >= 0.3 is 0 Å². The van der Waals surface area contributed by atoms with Crippen LogP contribution in [0.3, 0.4) is 0 Å². The van der Waals surface area contributed by atoms with Crippen LogP contribution in [0.1, 0.15) is 15.9 Å². The van der Waals surface area contributed by atoms with E-state index in [1.54, 1.807) is 0 Å². The predicted octanol–water partition coefficient (Wildman–Crippen LogP) is 3.03. The van der Waals surface area contributed by atoms with Crippen LogP contribution in [0, 0.1) is 15.9 Å². The zero-order valence-electron chi connectivity index (χ0n) is 12.5. The summed E-state index contributed by atoms with van der Waals surface area (Å²) in [4.78, 5) is 21.5. The first-order chi connectivity index (χ1) is 11.2. The third-order valence-corrected chi connectivity index (χ3v) is 4.28. The van der Waals surface area contributed by atoms with Gasteiger partial charge in [-0.25, -0.2) is 12.8 Å². The van der Waals surface area contributed by atoms with Crippen molar-refractivity contribution in [2.24, 2.45) is 0 Å². The van der Waals surface area contributed by atoms with Crippen LogP contribution in [0.15, 0.2) is 53.4 Å². The van der Waals surface area contributed by atoms with Crippen molar-refractivity contribution in [3.63, 3.8) is 0 Å². The molecule has 124 valence electrons. The molecule has 0 spiro atoms. The van der Waals surface area contributed by atoms with Crippen LogP contribution in [0.25, 0.3) is 6.08 Å². The third kappa shape index (κ3) is 4.11. The molecule has 0 aliphatic rings. The van der Waals surface area contributed by atoms with Gasteiger partial charge in [-0.2, -0.15) is 0 Å². The zero-order valence-corrected chi connectivity index (χ0v) is 13.3. The van der Waals surface area contributed by atoms with Crippen molar-refractivity contribution in [2.45, 2.75) is 4.90 Å². The Balaban J connectivity index is 2.20. The molecule has 0 amide bonds. The van der Waals surface area contributed by atoms with Crippen LogP contribution < -0.4 is 0 Å².